The molecule has 0 aromatic rings. The van der Waals surface area contributed by atoms with E-state index >= 15 is 0 Å². The van der Waals surface area contributed by atoms with Gasteiger partial charge in [0, 0.05) is 13.7 Å². The molecular weight excluding hydrogens is 119 g/mol. The molecule has 38 valence electrons. The predicted molar refractivity (Wildman–Crippen MR) is 21.4 cm³/mol. The molecule has 0 bridgehead atoms. The summed E-state index contributed by atoms with van der Waals surface area (Å²) in [5, 5.41) is 9.61. The Hall–Kier alpha value is 1.56. The minimum atomic E-state index is -0.0200. The number of ether oxygens (including phenoxy) is 1. The van der Waals surface area contributed by atoms with Gasteiger partial charge in [0.15, 0.2) is 0 Å². The summed E-state index contributed by atoms with van der Waals surface area (Å²) < 4.78 is 4.58. The molecule has 0 heterocycles. The van der Waals surface area contributed by atoms with Crippen molar-refractivity contribution in [1.82, 2.24) is 0 Å². The zero-order chi connectivity index (χ0) is 4.83. The van der Waals surface area contributed by atoms with Crippen molar-refractivity contribution in [1.29, 1.82) is 0 Å². The number of methoxy groups -OCH3 is 1. The van der Waals surface area contributed by atoms with Crippen LogP contribution >= 0.6 is 0 Å². The second-order valence-corrected chi connectivity index (χ2v) is 1.05. The van der Waals surface area contributed by atoms with E-state index in [1.807, 2.05) is 0 Å². The Morgan fingerprint density at radius 1 is 1.57 bits per heavy atom. The van der Waals surface area contributed by atoms with E-state index in [-0.39, 0.29) is 58.0 Å². The quantitative estimate of drug-likeness (QED) is 0.290. The topological polar surface area (TPSA) is 32.3 Å². The summed E-state index contributed by atoms with van der Waals surface area (Å²) in [5.74, 6) is 0. The summed E-state index contributed by atoms with van der Waals surface area (Å²) in [6, 6.07) is 0. The van der Waals surface area contributed by atoms with Crippen molar-refractivity contribution in [2.24, 2.45) is 0 Å². The molecular formula is C4H9KO2. The first-order valence-electron chi connectivity index (χ1n) is 1.99. The standard InChI is InChI=1S/C4H9O2.K/c1-6-4-2-3-5;/h2-4H2,1H3;/q-1;+1. The smallest absolute Gasteiger partial charge is 0.854 e. The summed E-state index contributed by atoms with van der Waals surface area (Å²) in [6.45, 7) is 0.581. The van der Waals surface area contributed by atoms with Crippen LogP contribution in [0.25, 0.3) is 0 Å². The molecule has 0 unspecified atom stereocenters. The van der Waals surface area contributed by atoms with Crippen LogP contribution in [0.1, 0.15) is 6.42 Å². The van der Waals surface area contributed by atoms with Crippen LogP contribution in [0.15, 0.2) is 0 Å². The van der Waals surface area contributed by atoms with Crippen LogP contribution in [0.5, 0.6) is 0 Å². The molecule has 0 aromatic carbocycles. The Morgan fingerprint density at radius 2 is 2.14 bits per heavy atom. The van der Waals surface area contributed by atoms with Gasteiger partial charge in [-0.25, -0.2) is 0 Å². The van der Waals surface area contributed by atoms with Gasteiger partial charge in [-0.1, -0.05) is 0 Å². The molecule has 0 aliphatic carbocycles. The summed E-state index contributed by atoms with van der Waals surface area (Å²) in [5.41, 5.74) is 0. The molecule has 0 fully saturated rings. The Bertz CT molecular complexity index is 21.7. The van der Waals surface area contributed by atoms with Gasteiger partial charge in [0.2, 0.25) is 0 Å². The molecule has 0 saturated heterocycles. The van der Waals surface area contributed by atoms with Crippen molar-refractivity contribution in [3.63, 3.8) is 0 Å². The molecule has 3 heteroatoms. The van der Waals surface area contributed by atoms with E-state index < -0.39 is 0 Å². The summed E-state index contributed by atoms with van der Waals surface area (Å²) >= 11 is 0. The van der Waals surface area contributed by atoms with E-state index in [0.717, 1.165) is 0 Å². The Balaban J connectivity index is 0. The maximum absolute atomic E-state index is 9.61. The molecule has 2 nitrogen and oxygen atoms in total. The zero-order valence-corrected chi connectivity index (χ0v) is 8.06. The van der Waals surface area contributed by atoms with E-state index in [4.69, 9.17) is 0 Å². The normalized spacial score (nSPS) is 7.71. The number of hydrogen-bond acceptors (Lipinski definition) is 2. The molecule has 0 saturated carbocycles. The minimum Gasteiger partial charge on any atom is -0.854 e. The van der Waals surface area contributed by atoms with Crippen molar-refractivity contribution in [2.45, 2.75) is 6.42 Å². The third-order valence-electron chi connectivity index (χ3n) is 0.493. The minimum absolute atomic E-state index is 0. The molecule has 0 N–H and O–H groups in total. The van der Waals surface area contributed by atoms with Gasteiger partial charge < -0.3 is 9.84 Å². The molecule has 0 aromatic heterocycles. The fourth-order valence-corrected chi connectivity index (χ4v) is 0.203. The third kappa shape index (κ3) is 11.2. The van der Waals surface area contributed by atoms with Gasteiger partial charge in [0.25, 0.3) is 0 Å². The van der Waals surface area contributed by atoms with Crippen LogP contribution in [0, 0.1) is 0 Å². The predicted octanol–water partition coefficient (Wildman–Crippen LogP) is -3.61. The van der Waals surface area contributed by atoms with Crippen molar-refractivity contribution >= 4 is 0 Å². The number of rotatable bonds is 3. The first-order valence-corrected chi connectivity index (χ1v) is 1.99. The molecule has 0 amide bonds. The maximum Gasteiger partial charge on any atom is 1.00 e. The van der Waals surface area contributed by atoms with E-state index in [1.165, 1.54) is 0 Å². The van der Waals surface area contributed by atoms with Crippen molar-refractivity contribution in [3.05, 3.63) is 0 Å². The van der Waals surface area contributed by atoms with Crippen LogP contribution in [-0.2, 0) is 4.74 Å². The first kappa shape index (κ1) is 11.4. The molecule has 7 heavy (non-hydrogen) atoms. The SMILES string of the molecule is COCCC[O-].[K+]. The number of hydrogen-bond donors (Lipinski definition) is 0. The van der Waals surface area contributed by atoms with Gasteiger partial charge in [-0.05, 0) is 6.42 Å². The van der Waals surface area contributed by atoms with Gasteiger partial charge in [-0.3, -0.25) is 0 Å². The average molecular weight is 128 g/mol. The van der Waals surface area contributed by atoms with Crippen LogP contribution in [0.2, 0.25) is 0 Å². The van der Waals surface area contributed by atoms with Crippen LogP contribution in [0.3, 0.4) is 0 Å². The maximum atomic E-state index is 9.61. The van der Waals surface area contributed by atoms with E-state index in [9.17, 15) is 5.11 Å². The molecule has 0 aliphatic heterocycles. The second-order valence-electron chi connectivity index (χ2n) is 1.05. The van der Waals surface area contributed by atoms with E-state index in [1.54, 1.807) is 7.11 Å². The summed E-state index contributed by atoms with van der Waals surface area (Å²) in [7, 11) is 1.59. The van der Waals surface area contributed by atoms with Gasteiger partial charge in [0.05, 0.1) is 0 Å². The van der Waals surface area contributed by atoms with Gasteiger partial charge in [-0.15, -0.1) is 6.61 Å². The first-order chi connectivity index (χ1) is 2.91. The Morgan fingerprint density at radius 3 is 2.29 bits per heavy atom. The summed E-state index contributed by atoms with van der Waals surface area (Å²) in [6.07, 6.45) is 0.635. The third-order valence-corrected chi connectivity index (χ3v) is 0.493. The van der Waals surface area contributed by atoms with Crippen molar-refractivity contribution in [2.75, 3.05) is 20.3 Å². The van der Waals surface area contributed by atoms with Gasteiger partial charge in [0.1, 0.15) is 0 Å². The van der Waals surface area contributed by atoms with Crippen molar-refractivity contribution in [3.8, 4) is 0 Å². The zero-order valence-electron chi connectivity index (χ0n) is 4.94. The van der Waals surface area contributed by atoms with Crippen molar-refractivity contribution < 1.29 is 61.2 Å². The average Bonchev–Trinajstić information content (AvgIpc) is 1.61. The molecule has 0 aliphatic rings. The van der Waals surface area contributed by atoms with Gasteiger partial charge >= 0.3 is 51.4 Å². The molecule has 0 atom stereocenters. The second kappa shape index (κ2) is 10.5. The summed E-state index contributed by atoms with van der Waals surface area (Å²) in [4.78, 5) is 0. The fraction of sp³-hybridized carbons (Fsp3) is 1.00. The van der Waals surface area contributed by atoms with E-state index in [2.05, 4.69) is 4.74 Å². The molecule has 0 spiro atoms. The monoisotopic (exact) mass is 128 g/mol. The fourth-order valence-electron chi connectivity index (χ4n) is 0.203. The largest absolute Gasteiger partial charge is 1.00 e. The van der Waals surface area contributed by atoms with Crippen LogP contribution in [-0.4, -0.2) is 20.3 Å². The van der Waals surface area contributed by atoms with Crippen LogP contribution in [0.4, 0.5) is 0 Å². The van der Waals surface area contributed by atoms with Gasteiger partial charge in [-0.2, -0.15) is 0 Å². The Labute approximate surface area is 86.7 Å². The molecule has 0 radical (unpaired) electrons. The molecule has 0 rings (SSSR count). The van der Waals surface area contributed by atoms with Crippen LogP contribution < -0.4 is 56.5 Å². The van der Waals surface area contributed by atoms with E-state index in [0.29, 0.717) is 13.0 Å². The Kier molecular flexibility index (Phi) is 17.1.